The quantitative estimate of drug-likeness (QED) is 0.442. The van der Waals surface area contributed by atoms with Crippen molar-refractivity contribution in [2.45, 2.75) is 36.8 Å². The highest BCUT2D eigenvalue weighted by molar-refractivity contribution is 5.86. The van der Waals surface area contributed by atoms with Gasteiger partial charge in [0.15, 0.2) is 0 Å². The third kappa shape index (κ3) is 5.37. The largest absolute Gasteiger partial charge is 0.481 e. The molecule has 34 heavy (non-hydrogen) atoms. The minimum absolute atomic E-state index is 0.0538. The monoisotopic (exact) mass is 468 g/mol. The molecule has 2 aromatic carbocycles. The van der Waals surface area contributed by atoms with E-state index in [-0.39, 0.29) is 38.5 Å². The van der Waals surface area contributed by atoms with Gasteiger partial charge >= 0.3 is 12.1 Å². The Morgan fingerprint density at radius 3 is 2.32 bits per heavy atom. The minimum atomic E-state index is -1.17. The van der Waals surface area contributed by atoms with E-state index in [9.17, 15) is 19.5 Å². The first-order chi connectivity index (χ1) is 16.4. The molecule has 0 spiro atoms. The van der Waals surface area contributed by atoms with Gasteiger partial charge in [0, 0.05) is 31.9 Å². The lowest BCUT2D eigenvalue weighted by Crippen LogP contribution is -2.51. The molecule has 9 heteroatoms. The summed E-state index contributed by atoms with van der Waals surface area (Å²) in [5.74, 6) is -1.81. The van der Waals surface area contributed by atoms with Crippen molar-refractivity contribution in [1.82, 2.24) is 10.6 Å². The van der Waals surface area contributed by atoms with Crippen LogP contribution in [0.25, 0.3) is 11.1 Å². The smallest absolute Gasteiger partial charge is 0.407 e. The average molecular weight is 469 g/mol. The van der Waals surface area contributed by atoms with E-state index in [2.05, 4.69) is 10.6 Å². The van der Waals surface area contributed by atoms with Crippen molar-refractivity contribution < 1.29 is 34.1 Å². The molecule has 180 valence electrons. The van der Waals surface area contributed by atoms with Crippen LogP contribution in [0, 0.1) is 0 Å². The van der Waals surface area contributed by atoms with E-state index in [4.69, 9.17) is 14.6 Å². The number of benzene rings is 2. The van der Waals surface area contributed by atoms with Crippen LogP contribution in [0.5, 0.6) is 0 Å². The first kappa shape index (κ1) is 23.7. The van der Waals surface area contributed by atoms with Crippen LogP contribution < -0.4 is 10.6 Å². The number of fused-ring (bicyclic) bond motifs is 3. The Labute approximate surface area is 197 Å². The normalized spacial score (nSPS) is 19.7. The Morgan fingerprint density at radius 1 is 1.09 bits per heavy atom. The summed E-state index contributed by atoms with van der Waals surface area (Å²) in [5, 5.41) is 24.4. The second-order valence-corrected chi connectivity index (χ2v) is 8.70. The number of carbonyl (C=O) groups is 3. The van der Waals surface area contributed by atoms with Gasteiger partial charge in [0.25, 0.3) is 0 Å². The maximum atomic E-state index is 12.7. The maximum Gasteiger partial charge on any atom is 0.407 e. The van der Waals surface area contributed by atoms with E-state index in [1.54, 1.807) is 0 Å². The van der Waals surface area contributed by atoms with Crippen molar-refractivity contribution in [1.29, 1.82) is 0 Å². The molecule has 0 bridgehead atoms. The Morgan fingerprint density at radius 2 is 1.74 bits per heavy atom. The summed E-state index contributed by atoms with van der Waals surface area (Å²) in [7, 11) is 0. The van der Waals surface area contributed by atoms with Gasteiger partial charge in [0.1, 0.15) is 18.2 Å². The number of carboxylic acids is 1. The summed E-state index contributed by atoms with van der Waals surface area (Å²) in [4.78, 5) is 36.3. The van der Waals surface area contributed by atoms with Gasteiger partial charge in [-0.1, -0.05) is 48.5 Å². The van der Waals surface area contributed by atoms with Crippen LogP contribution >= 0.6 is 0 Å². The number of amides is 2. The van der Waals surface area contributed by atoms with E-state index in [0.717, 1.165) is 22.3 Å². The molecule has 1 saturated heterocycles. The van der Waals surface area contributed by atoms with E-state index in [0.29, 0.717) is 13.0 Å². The molecule has 1 aliphatic heterocycles. The van der Waals surface area contributed by atoms with Crippen molar-refractivity contribution in [2.75, 3.05) is 26.4 Å². The molecule has 1 heterocycles. The van der Waals surface area contributed by atoms with Gasteiger partial charge in [-0.05, 0) is 28.7 Å². The molecule has 1 aliphatic carbocycles. The topological polar surface area (TPSA) is 134 Å². The van der Waals surface area contributed by atoms with Crippen molar-refractivity contribution in [3.05, 3.63) is 59.7 Å². The molecule has 0 radical (unpaired) electrons. The molecule has 2 aliphatic rings. The van der Waals surface area contributed by atoms with Gasteiger partial charge in [-0.2, -0.15) is 0 Å². The Bertz CT molecular complexity index is 1020. The fourth-order valence-electron chi connectivity index (χ4n) is 4.43. The summed E-state index contributed by atoms with van der Waals surface area (Å²) < 4.78 is 10.6. The lowest BCUT2D eigenvalue weighted by atomic mass is 9.98. The molecule has 1 fully saturated rings. The first-order valence-electron chi connectivity index (χ1n) is 11.3. The summed E-state index contributed by atoms with van der Waals surface area (Å²) in [5.41, 5.74) is 3.14. The number of alkyl carbamates (subject to hydrolysis) is 1. The molecule has 2 amide bonds. The lowest BCUT2D eigenvalue weighted by molar-refractivity contribution is -0.137. The zero-order valence-electron chi connectivity index (χ0n) is 18.7. The van der Waals surface area contributed by atoms with Gasteiger partial charge < -0.3 is 30.3 Å². The fourth-order valence-corrected chi connectivity index (χ4v) is 4.43. The van der Waals surface area contributed by atoms with E-state index in [1.165, 1.54) is 0 Å². The summed E-state index contributed by atoms with van der Waals surface area (Å²) >= 11 is 0. The first-order valence-corrected chi connectivity index (χ1v) is 11.3. The molecule has 2 aromatic rings. The lowest BCUT2D eigenvalue weighted by Gasteiger charge is -2.23. The Kier molecular flexibility index (Phi) is 7.14. The second-order valence-electron chi connectivity index (χ2n) is 8.70. The number of aliphatic carboxylic acids is 1. The molecule has 2 atom stereocenters. The molecule has 4 N–H and O–H groups in total. The van der Waals surface area contributed by atoms with Crippen LogP contribution in [0.2, 0.25) is 0 Å². The van der Waals surface area contributed by atoms with Crippen molar-refractivity contribution >= 4 is 18.0 Å². The molecule has 9 nitrogen and oxygen atoms in total. The van der Waals surface area contributed by atoms with E-state index in [1.807, 2.05) is 48.5 Å². The third-order valence-corrected chi connectivity index (χ3v) is 6.27. The maximum absolute atomic E-state index is 12.7. The average Bonchev–Trinajstić information content (AvgIpc) is 3.40. The predicted octanol–water partition coefficient (Wildman–Crippen LogP) is 2.03. The van der Waals surface area contributed by atoms with Crippen molar-refractivity contribution in [3.8, 4) is 11.1 Å². The van der Waals surface area contributed by atoms with Crippen LogP contribution in [0.15, 0.2) is 48.5 Å². The Hall–Kier alpha value is -3.43. The molecular weight excluding hydrogens is 440 g/mol. The molecule has 4 rings (SSSR count). The van der Waals surface area contributed by atoms with Crippen LogP contribution in [0.4, 0.5) is 4.79 Å². The fraction of sp³-hybridized carbons (Fsp3) is 0.400. The van der Waals surface area contributed by atoms with Crippen LogP contribution in [-0.4, -0.2) is 66.2 Å². The Balaban J connectivity index is 1.38. The van der Waals surface area contributed by atoms with Crippen molar-refractivity contribution in [2.24, 2.45) is 0 Å². The zero-order valence-corrected chi connectivity index (χ0v) is 18.7. The number of aliphatic hydroxyl groups is 1. The second kappa shape index (κ2) is 10.2. The zero-order chi connectivity index (χ0) is 24.1. The summed E-state index contributed by atoms with van der Waals surface area (Å²) in [6.07, 6.45) is -0.849. The number of hydrogen-bond donors (Lipinski definition) is 4. The molecule has 0 saturated carbocycles. The molecule has 0 aromatic heterocycles. The number of nitrogens with one attached hydrogen (secondary N) is 2. The number of carbonyl (C=O) groups excluding carboxylic acids is 2. The SMILES string of the molecule is O=C(O)CCC(NC(=O)OCC1c2ccccc2-c2ccccc21)C(=O)NCC1(O)CCOC1. The van der Waals surface area contributed by atoms with Gasteiger partial charge in [-0.3, -0.25) is 9.59 Å². The third-order valence-electron chi connectivity index (χ3n) is 6.27. The van der Waals surface area contributed by atoms with Gasteiger partial charge in [-0.25, -0.2) is 4.79 Å². The van der Waals surface area contributed by atoms with Crippen LogP contribution in [0.1, 0.15) is 36.3 Å². The predicted molar refractivity (Wildman–Crippen MR) is 122 cm³/mol. The highest BCUT2D eigenvalue weighted by Gasteiger charge is 2.34. The van der Waals surface area contributed by atoms with Crippen LogP contribution in [-0.2, 0) is 19.1 Å². The molecular formula is C25H28N2O7. The number of hydrogen-bond acceptors (Lipinski definition) is 6. The number of carboxylic acid groups (broad SMARTS) is 1. The summed E-state index contributed by atoms with van der Waals surface area (Å²) in [6, 6.07) is 14.8. The standard InChI is InChI=1S/C25H28N2O7/c28-22(29)10-9-21(23(30)26-14-25(32)11-12-33-15-25)27-24(31)34-13-20-18-7-3-1-5-16(18)17-6-2-4-8-19(17)20/h1-8,20-21,32H,9-15H2,(H,26,30)(H,27,31)(H,28,29). The summed E-state index contributed by atoms with van der Waals surface area (Å²) in [6.45, 7) is 0.520. The molecule has 2 unspecified atom stereocenters. The number of rotatable bonds is 9. The van der Waals surface area contributed by atoms with Crippen LogP contribution in [0.3, 0.4) is 0 Å². The van der Waals surface area contributed by atoms with Crippen molar-refractivity contribution in [3.63, 3.8) is 0 Å². The van der Waals surface area contributed by atoms with Gasteiger partial charge in [0.05, 0.1) is 6.61 Å². The minimum Gasteiger partial charge on any atom is -0.481 e. The van der Waals surface area contributed by atoms with E-state index < -0.39 is 29.6 Å². The van der Waals surface area contributed by atoms with Gasteiger partial charge in [-0.15, -0.1) is 0 Å². The highest BCUT2D eigenvalue weighted by Crippen LogP contribution is 2.44. The number of ether oxygens (including phenoxy) is 2. The van der Waals surface area contributed by atoms with E-state index >= 15 is 0 Å². The van der Waals surface area contributed by atoms with Gasteiger partial charge in [0.2, 0.25) is 5.91 Å². The highest BCUT2D eigenvalue weighted by atomic mass is 16.5.